The smallest absolute Gasteiger partial charge is 0.341 e. The van der Waals surface area contributed by atoms with Gasteiger partial charge in [-0.1, -0.05) is 23.4 Å². The van der Waals surface area contributed by atoms with E-state index in [0.717, 1.165) is 16.5 Å². The van der Waals surface area contributed by atoms with E-state index in [4.69, 9.17) is 9.26 Å². The van der Waals surface area contributed by atoms with E-state index in [1.54, 1.807) is 20.8 Å². The van der Waals surface area contributed by atoms with Crippen molar-refractivity contribution < 1.29 is 22.5 Å². The second-order valence-electron chi connectivity index (χ2n) is 6.81. The molecule has 0 atom stereocenters. The summed E-state index contributed by atoms with van der Waals surface area (Å²) < 4.78 is 38.1. The number of carbonyl (C=O) groups is 1. The lowest BCUT2D eigenvalue weighted by Gasteiger charge is -2.19. The molecule has 1 N–H and O–H groups in total. The fourth-order valence-electron chi connectivity index (χ4n) is 3.70. The summed E-state index contributed by atoms with van der Waals surface area (Å²) in [6.07, 6.45) is 1.78. The number of hydrogen-bond acceptors (Lipinski definition) is 6. The molecular weight excluding hydrogens is 394 g/mol. The Kier molecular flexibility index (Phi) is 4.70. The molecule has 0 saturated heterocycles. The minimum atomic E-state index is -3.95. The third-order valence-corrected chi connectivity index (χ3v) is 6.97. The largest absolute Gasteiger partial charge is 0.462 e. The van der Waals surface area contributed by atoms with Gasteiger partial charge in [0.25, 0.3) is 10.0 Å². The molecule has 8 nitrogen and oxygen atoms in total. The van der Waals surface area contributed by atoms with Gasteiger partial charge in [-0.15, -0.1) is 0 Å². The first kappa shape index (κ1) is 19.3. The molecule has 0 bridgehead atoms. The highest BCUT2D eigenvalue weighted by Gasteiger charge is 2.33. The molecule has 0 saturated carbocycles. The van der Waals surface area contributed by atoms with E-state index in [1.807, 2.05) is 24.3 Å². The number of H-pyrrole nitrogens is 1. The number of ether oxygens (including phenoxy) is 1. The van der Waals surface area contributed by atoms with Crippen LogP contribution in [0.2, 0.25) is 0 Å². The first-order chi connectivity index (χ1) is 13.8. The second kappa shape index (κ2) is 7.07. The number of rotatable bonds is 4. The Labute approximate surface area is 168 Å². The van der Waals surface area contributed by atoms with Crippen LogP contribution in [0.5, 0.6) is 0 Å². The van der Waals surface area contributed by atoms with Crippen molar-refractivity contribution in [3.05, 3.63) is 53.2 Å². The maximum atomic E-state index is 13.3. The Morgan fingerprint density at radius 3 is 2.76 bits per heavy atom. The first-order valence-corrected chi connectivity index (χ1v) is 10.7. The predicted molar refractivity (Wildman–Crippen MR) is 106 cm³/mol. The number of fused-ring (bicyclic) bond motifs is 3. The zero-order chi connectivity index (χ0) is 20.8. The molecule has 3 heterocycles. The lowest BCUT2D eigenvalue weighted by Crippen LogP contribution is -2.29. The molecule has 3 aromatic rings. The Morgan fingerprint density at radius 1 is 1.31 bits per heavy atom. The molecule has 0 spiro atoms. The van der Waals surface area contributed by atoms with Crippen molar-refractivity contribution in [2.45, 2.75) is 32.1 Å². The lowest BCUT2D eigenvalue weighted by atomic mass is 10.0. The van der Waals surface area contributed by atoms with E-state index in [0.29, 0.717) is 12.1 Å². The molecule has 0 unspecified atom stereocenters. The SMILES string of the molecule is CCOC(=O)C1=CN(S(=O)(=O)c2c(C)noc2C)CCc2c1[nH]c1ccccc21. The van der Waals surface area contributed by atoms with Crippen LogP contribution in [-0.4, -0.2) is 42.0 Å². The molecule has 0 amide bonds. The number of aryl methyl sites for hydroxylation is 2. The predicted octanol–water partition coefficient (Wildman–Crippen LogP) is 2.92. The average molecular weight is 415 g/mol. The van der Waals surface area contributed by atoms with Crippen LogP contribution in [0.1, 0.15) is 29.6 Å². The standard InChI is InChI=1S/C20H21N3O5S/c1-4-27-20(24)16-11-23(29(25,26)19-12(2)22-28-13(19)3)10-9-15-14-7-5-6-8-17(14)21-18(15)16/h5-8,11,21H,4,9-10H2,1-3H3. The summed E-state index contributed by atoms with van der Waals surface area (Å²) in [4.78, 5) is 16.0. The van der Waals surface area contributed by atoms with E-state index < -0.39 is 16.0 Å². The van der Waals surface area contributed by atoms with Crippen molar-refractivity contribution in [1.82, 2.24) is 14.4 Å². The van der Waals surface area contributed by atoms with Crippen LogP contribution in [0.25, 0.3) is 16.5 Å². The van der Waals surface area contributed by atoms with Crippen molar-refractivity contribution in [3.63, 3.8) is 0 Å². The minimum Gasteiger partial charge on any atom is -0.462 e. The number of sulfonamides is 1. The number of benzene rings is 1. The first-order valence-electron chi connectivity index (χ1n) is 9.28. The van der Waals surface area contributed by atoms with Gasteiger partial charge < -0.3 is 14.2 Å². The van der Waals surface area contributed by atoms with Crippen LogP contribution < -0.4 is 0 Å². The molecule has 0 aliphatic carbocycles. The van der Waals surface area contributed by atoms with Crippen LogP contribution >= 0.6 is 0 Å². The van der Waals surface area contributed by atoms with Crippen molar-refractivity contribution >= 4 is 32.5 Å². The van der Waals surface area contributed by atoms with Crippen molar-refractivity contribution in [1.29, 1.82) is 0 Å². The lowest BCUT2D eigenvalue weighted by molar-refractivity contribution is -0.136. The van der Waals surface area contributed by atoms with Crippen LogP contribution in [0.4, 0.5) is 0 Å². The molecule has 0 fully saturated rings. The molecule has 1 aliphatic heterocycles. The molecule has 4 rings (SSSR count). The number of aromatic amines is 1. The van der Waals surface area contributed by atoms with Gasteiger partial charge in [-0.05, 0) is 38.8 Å². The van der Waals surface area contributed by atoms with Gasteiger partial charge in [0.05, 0.1) is 12.3 Å². The molecule has 29 heavy (non-hydrogen) atoms. The van der Waals surface area contributed by atoms with E-state index in [2.05, 4.69) is 10.1 Å². The molecule has 2 aromatic heterocycles. The zero-order valence-electron chi connectivity index (χ0n) is 16.4. The monoisotopic (exact) mass is 415 g/mol. The number of aromatic nitrogens is 2. The average Bonchev–Trinajstić information content (AvgIpc) is 3.14. The summed E-state index contributed by atoms with van der Waals surface area (Å²) in [5.41, 5.74) is 2.81. The Morgan fingerprint density at radius 2 is 2.07 bits per heavy atom. The molecule has 152 valence electrons. The van der Waals surface area contributed by atoms with Crippen LogP contribution in [0.15, 0.2) is 39.9 Å². The quantitative estimate of drug-likeness (QED) is 0.657. The minimum absolute atomic E-state index is 0.0207. The van der Waals surface area contributed by atoms with Gasteiger partial charge in [-0.2, -0.15) is 0 Å². The number of nitrogens with zero attached hydrogens (tertiary/aromatic N) is 2. The summed E-state index contributed by atoms with van der Waals surface area (Å²) in [6, 6.07) is 7.69. The Hall–Kier alpha value is -3.07. The maximum absolute atomic E-state index is 13.3. The molecular formula is C20H21N3O5S. The van der Waals surface area contributed by atoms with Crippen molar-refractivity contribution in [2.24, 2.45) is 0 Å². The summed E-state index contributed by atoms with van der Waals surface area (Å²) in [7, 11) is -3.95. The summed E-state index contributed by atoms with van der Waals surface area (Å²) in [6.45, 7) is 5.19. The number of carbonyl (C=O) groups excluding carboxylic acids is 1. The number of nitrogens with one attached hydrogen (secondary N) is 1. The van der Waals surface area contributed by atoms with Crippen molar-refractivity contribution in [2.75, 3.05) is 13.2 Å². The van der Waals surface area contributed by atoms with E-state index in [1.165, 1.54) is 10.5 Å². The van der Waals surface area contributed by atoms with Gasteiger partial charge in [-0.25, -0.2) is 13.2 Å². The van der Waals surface area contributed by atoms with Gasteiger partial charge in [-0.3, -0.25) is 4.31 Å². The topological polar surface area (TPSA) is 106 Å². The van der Waals surface area contributed by atoms with Crippen LogP contribution in [0.3, 0.4) is 0 Å². The maximum Gasteiger partial charge on any atom is 0.341 e. The summed E-state index contributed by atoms with van der Waals surface area (Å²) in [5.74, 6) is -0.372. The highest BCUT2D eigenvalue weighted by molar-refractivity contribution is 7.89. The zero-order valence-corrected chi connectivity index (χ0v) is 17.2. The van der Waals surface area contributed by atoms with Gasteiger partial charge in [0.2, 0.25) is 0 Å². The van der Waals surface area contributed by atoms with Gasteiger partial charge in [0.1, 0.15) is 11.3 Å². The highest BCUT2D eigenvalue weighted by Crippen LogP contribution is 2.33. The number of para-hydroxylation sites is 1. The van der Waals surface area contributed by atoms with E-state index in [-0.39, 0.29) is 35.1 Å². The van der Waals surface area contributed by atoms with Crippen LogP contribution in [0, 0.1) is 13.8 Å². The molecule has 1 aliphatic rings. The third kappa shape index (κ3) is 3.11. The highest BCUT2D eigenvalue weighted by atomic mass is 32.2. The Balaban J connectivity index is 1.89. The Bertz CT molecular complexity index is 1220. The fraction of sp³-hybridized carbons (Fsp3) is 0.300. The number of hydrogen-bond donors (Lipinski definition) is 1. The second-order valence-corrected chi connectivity index (χ2v) is 8.63. The third-order valence-electron chi connectivity index (χ3n) is 4.97. The summed E-state index contributed by atoms with van der Waals surface area (Å²) in [5, 5.41) is 4.71. The normalized spacial score (nSPS) is 14.4. The number of esters is 1. The van der Waals surface area contributed by atoms with E-state index in [9.17, 15) is 13.2 Å². The van der Waals surface area contributed by atoms with Crippen molar-refractivity contribution in [3.8, 4) is 0 Å². The molecule has 1 aromatic carbocycles. The van der Waals surface area contributed by atoms with E-state index >= 15 is 0 Å². The summed E-state index contributed by atoms with van der Waals surface area (Å²) >= 11 is 0. The fourth-order valence-corrected chi connectivity index (χ4v) is 5.32. The molecule has 9 heteroatoms. The van der Waals surface area contributed by atoms with Gasteiger partial charge in [0.15, 0.2) is 10.7 Å². The molecule has 0 radical (unpaired) electrons. The van der Waals surface area contributed by atoms with Gasteiger partial charge in [0, 0.05) is 23.6 Å². The van der Waals surface area contributed by atoms with Crippen LogP contribution in [-0.2, 0) is 26.0 Å². The van der Waals surface area contributed by atoms with Gasteiger partial charge >= 0.3 is 5.97 Å².